The first kappa shape index (κ1) is 22.7. The Bertz CT molecular complexity index is 1220. The predicted molar refractivity (Wildman–Crippen MR) is 118 cm³/mol. The summed E-state index contributed by atoms with van der Waals surface area (Å²) < 4.78 is 51.8. The second kappa shape index (κ2) is 8.63. The molecular weight excluding hydrogens is 444 g/mol. The molecule has 0 aliphatic carbocycles. The maximum atomic E-state index is 12.8. The summed E-state index contributed by atoms with van der Waals surface area (Å²) in [6.45, 7) is 1.74. The number of nitrogens with zero attached hydrogens (tertiary/aromatic N) is 3. The summed E-state index contributed by atoms with van der Waals surface area (Å²) in [4.78, 5) is 10.6. The number of sulfonamides is 2. The normalized spacial score (nSPS) is 16.8. The molecule has 1 N–H and O–H groups in total. The molecule has 1 aliphatic heterocycles. The quantitative estimate of drug-likeness (QED) is 0.469. The highest BCUT2D eigenvalue weighted by molar-refractivity contribution is 7.92. The minimum atomic E-state index is -3.73. The Balaban J connectivity index is 1.98. The van der Waals surface area contributed by atoms with E-state index in [1.807, 2.05) is 0 Å². The van der Waals surface area contributed by atoms with Gasteiger partial charge in [-0.3, -0.25) is 14.8 Å². The summed E-state index contributed by atoms with van der Waals surface area (Å²) in [6, 6.07) is 11.6. The maximum absolute atomic E-state index is 12.8. The highest BCUT2D eigenvalue weighted by atomic mass is 32.2. The Labute approximate surface area is 180 Å². The van der Waals surface area contributed by atoms with E-state index in [2.05, 4.69) is 9.82 Å². The van der Waals surface area contributed by atoms with Crippen LogP contribution in [0.1, 0.15) is 36.9 Å². The lowest BCUT2D eigenvalue weighted by Crippen LogP contribution is -2.29. The van der Waals surface area contributed by atoms with Crippen LogP contribution in [0.25, 0.3) is 0 Å². The Morgan fingerprint density at radius 1 is 1.16 bits per heavy atom. The summed E-state index contributed by atoms with van der Waals surface area (Å²) in [6.07, 6.45) is 1.67. The molecule has 0 amide bonds. The molecule has 0 spiro atoms. The number of hydrogen-bond acceptors (Lipinski definition) is 7. The van der Waals surface area contributed by atoms with E-state index < -0.39 is 31.0 Å². The molecule has 0 fully saturated rings. The molecule has 0 bridgehead atoms. The van der Waals surface area contributed by atoms with E-state index in [4.69, 9.17) is 0 Å². The van der Waals surface area contributed by atoms with Crippen molar-refractivity contribution in [2.45, 2.75) is 25.8 Å². The molecule has 12 heteroatoms. The van der Waals surface area contributed by atoms with E-state index in [9.17, 15) is 26.9 Å². The van der Waals surface area contributed by atoms with Gasteiger partial charge in [0.1, 0.15) is 0 Å². The highest BCUT2D eigenvalue weighted by Gasteiger charge is 2.36. The van der Waals surface area contributed by atoms with Crippen LogP contribution < -0.4 is 4.72 Å². The number of nitro groups is 1. The van der Waals surface area contributed by atoms with Crippen molar-refractivity contribution < 1.29 is 21.8 Å². The molecule has 2 aromatic rings. The van der Waals surface area contributed by atoms with Gasteiger partial charge in [0, 0.05) is 24.2 Å². The number of nitrogens with one attached hydrogen (secondary N) is 1. The van der Waals surface area contributed by atoms with Gasteiger partial charge in [-0.05, 0) is 29.7 Å². The van der Waals surface area contributed by atoms with Crippen LogP contribution in [0.4, 0.5) is 11.4 Å². The molecule has 0 unspecified atom stereocenters. The third-order valence-corrected chi connectivity index (χ3v) is 7.04. The second-order valence-electron chi connectivity index (χ2n) is 7.16. The molecule has 0 saturated heterocycles. The topological polar surface area (TPSA) is 139 Å². The van der Waals surface area contributed by atoms with Gasteiger partial charge in [-0.25, -0.2) is 16.8 Å². The summed E-state index contributed by atoms with van der Waals surface area (Å²) in [7, 11) is -7.15. The van der Waals surface area contributed by atoms with Crippen LogP contribution in [0.5, 0.6) is 0 Å². The van der Waals surface area contributed by atoms with Crippen molar-refractivity contribution in [1.82, 2.24) is 4.41 Å². The molecule has 0 saturated carbocycles. The number of rotatable bonds is 8. The van der Waals surface area contributed by atoms with E-state index in [0.717, 1.165) is 10.7 Å². The number of hydrazone groups is 1. The van der Waals surface area contributed by atoms with Gasteiger partial charge in [0.2, 0.25) is 20.0 Å². The van der Waals surface area contributed by atoms with E-state index in [-0.39, 0.29) is 17.9 Å². The van der Waals surface area contributed by atoms with Crippen molar-refractivity contribution in [3.8, 4) is 0 Å². The Morgan fingerprint density at radius 3 is 2.42 bits per heavy atom. The molecule has 31 heavy (non-hydrogen) atoms. The Morgan fingerprint density at radius 2 is 1.84 bits per heavy atom. The zero-order valence-corrected chi connectivity index (χ0v) is 18.6. The molecular formula is C19H22N4O6S2. The van der Waals surface area contributed by atoms with E-state index in [1.165, 1.54) is 18.2 Å². The summed E-state index contributed by atoms with van der Waals surface area (Å²) >= 11 is 0. The molecule has 166 valence electrons. The number of anilines is 1. The monoisotopic (exact) mass is 466 g/mol. The van der Waals surface area contributed by atoms with Gasteiger partial charge in [-0.2, -0.15) is 9.52 Å². The SMILES string of the molecule is CCCS(=O)(=O)N1N=C(c2ccc(NS(C)(=O)=O)cc2)C[C@@H]1c1cccc([N+](=O)[O-])c1. The standard InChI is InChI=1S/C19H22N4O6S2/c1-3-11-31(28,29)22-19(15-5-4-6-17(12-15)23(24)25)13-18(20-22)14-7-9-16(10-8-14)21-30(2,26)27/h4-10,12,19,21H,3,11,13H2,1-2H3/t19-/m1/s1. The van der Waals surface area contributed by atoms with Gasteiger partial charge in [0.15, 0.2) is 0 Å². The zero-order valence-electron chi connectivity index (χ0n) is 16.9. The maximum Gasteiger partial charge on any atom is 0.269 e. The first-order chi connectivity index (χ1) is 14.5. The fourth-order valence-electron chi connectivity index (χ4n) is 3.31. The summed E-state index contributed by atoms with van der Waals surface area (Å²) in [5.74, 6) is -0.105. The van der Waals surface area contributed by atoms with Crippen molar-refractivity contribution in [3.05, 3.63) is 69.8 Å². The van der Waals surface area contributed by atoms with E-state index in [0.29, 0.717) is 28.9 Å². The number of hydrogen-bond donors (Lipinski definition) is 1. The minimum Gasteiger partial charge on any atom is -0.284 e. The number of non-ortho nitro benzene ring substituents is 1. The van der Waals surface area contributed by atoms with Crippen molar-refractivity contribution in [1.29, 1.82) is 0 Å². The van der Waals surface area contributed by atoms with Crippen LogP contribution in [0.3, 0.4) is 0 Å². The second-order valence-corrected chi connectivity index (χ2v) is 10.9. The van der Waals surface area contributed by atoms with Crippen molar-refractivity contribution in [3.63, 3.8) is 0 Å². The van der Waals surface area contributed by atoms with Gasteiger partial charge in [0.25, 0.3) is 5.69 Å². The minimum absolute atomic E-state index is 0.105. The van der Waals surface area contributed by atoms with Gasteiger partial charge in [-0.1, -0.05) is 31.2 Å². The molecule has 0 aromatic heterocycles. The average Bonchev–Trinajstić information content (AvgIpc) is 3.14. The molecule has 0 radical (unpaired) electrons. The van der Waals surface area contributed by atoms with Crippen LogP contribution in [0, 0.1) is 10.1 Å². The molecule has 3 rings (SSSR count). The lowest BCUT2D eigenvalue weighted by molar-refractivity contribution is -0.384. The lowest BCUT2D eigenvalue weighted by atomic mass is 9.99. The molecule has 1 aliphatic rings. The molecule has 1 heterocycles. The van der Waals surface area contributed by atoms with Crippen LogP contribution in [0.15, 0.2) is 53.6 Å². The van der Waals surface area contributed by atoms with Gasteiger partial charge in [0.05, 0.1) is 28.7 Å². The largest absolute Gasteiger partial charge is 0.284 e. The van der Waals surface area contributed by atoms with E-state index in [1.54, 1.807) is 37.3 Å². The van der Waals surface area contributed by atoms with Crippen LogP contribution in [-0.2, 0) is 20.0 Å². The van der Waals surface area contributed by atoms with Gasteiger partial charge >= 0.3 is 0 Å². The predicted octanol–water partition coefficient (Wildman–Crippen LogP) is 2.86. The van der Waals surface area contributed by atoms with Crippen molar-refractivity contribution in [2.24, 2.45) is 5.10 Å². The highest BCUT2D eigenvalue weighted by Crippen LogP contribution is 2.36. The summed E-state index contributed by atoms with van der Waals surface area (Å²) in [5.41, 5.74) is 1.83. The van der Waals surface area contributed by atoms with Crippen LogP contribution in [0.2, 0.25) is 0 Å². The lowest BCUT2D eigenvalue weighted by Gasteiger charge is -2.23. The zero-order chi connectivity index (χ0) is 22.8. The first-order valence-corrected chi connectivity index (χ1v) is 12.9. The molecule has 10 nitrogen and oxygen atoms in total. The van der Waals surface area contributed by atoms with Crippen LogP contribution >= 0.6 is 0 Å². The molecule has 1 atom stereocenters. The van der Waals surface area contributed by atoms with Crippen molar-refractivity contribution >= 4 is 37.1 Å². The fraction of sp³-hybridized carbons (Fsp3) is 0.316. The number of nitro benzene ring substituents is 1. The smallest absolute Gasteiger partial charge is 0.269 e. The fourth-order valence-corrected chi connectivity index (χ4v) is 5.38. The van der Waals surface area contributed by atoms with Gasteiger partial charge < -0.3 is 0 Å². The average molecular weight is 467 g/mol. The third kappa shape index (κ3) is 5.39. The van der Waals surface area contributed by atoms with E-state index >= 15 is 0 Å². The third-order valence-electron chi connectivity index (χ3n) is 4.61. The van der Waals surface area contributed by atoms with Gasteiger partial charge in [-0.15, -0.1) is 0 Å². The number of benzene rings is 2. The van der Waals surface area contributed by atoms with Crippen LogP contribution in [-0.4, -0.2) is 43.9 Å². The Kier molecular flexibility index (Phi) is 6.32. The summed E-state index contributed by atoms with van der Waals surface area (Å²) in [5, 5.41) is 15.5. The first-order valence-electron chi connectivity index (χ1n) is 9.42. The molecule has 2 aromatic carbocycles. The Hall–Kier alpha value is -2.99. The van der Waals surface area contributed by atoms with Crippen molar-refractivity contribution in [2.75, 3.05) is 16.7 Å².